The lowest BCUT2D eigenvalue weighted by Gasteiger charge is -1.99. The van der Waals surface area contributed by atoms with Crippen LogP contribution in [0.25, 0.3) is 0 Å². The van der Waals surface area contributed by atoms with Crippen LogP contribution in [0, 0.1) is 0 Å². The van der Waals surface area contributed by atoms with Gasteiger partial charge in [0.25, 0.3) is 0 Å². The number of rotatable bonds is 0. The third-order valence-corrected chi connectivity index (χ3v) is 2.56. The summed E-state index contributed by atoms with van der Waals surface area (Å²) in [6.07, 6.45) is 13.7. The minimum absolute atomic E-state index is 0.494. The van der Waals surface area contributed by atoms with E-state index in [1.807, 2.05) is 0 Å². The standard InChI is InChI=1S/C10H16O/c1-2-4-6-8-10-9(11-10)7-5-3-1/h5,7,9-10H,1-4,6,8H2/b7-5-. The van der Waals surface area contributed by atoms with Gasteiger partial charge in [-0.05, 0) is 19.3 Å². The summed E-state index contributed by atoms with van der Waals surface area (Å²) in [7, 11) is 0. The first kappa shape index (κ1) is 7.35. The quantitative estimate of drug-likeness (QED) is 0.384. The fourth-order valence-corrected chi connectivity index (χ4v) is 1.75. The van der Waals surface area contributed by atoms with Crippen molar-refractivity contribution in [1.29, 1.82) is 0 Å². The molecule has 1 heteroatoms. The van der Waals surface area contributed by atoms with Gasteiger partial charge >= 0.3 is 0 Å². The Morgan fingerprint density at radius 3 is 3.00 bits per heavy atom. The van der Waals surface area contributed by atoms with Crippen molar-refractivity contribution >= 4 is 0 Å². The van der Waals surface area contributed by atoms with E-state index < -0.39 is 0 Å². The Hall–Kier alpha value is -0.300. The molecule has 1 fully saturated rings. The molecule has 0 N–H and O–H groups in total. The minimum atomic E-state index is 0.494. The Morgan fingerprint density at radius 2 is 2.00 bits per heavy atom. The van der Waals surface area contributed by atoms with Crippen LogP contribution in [-0.2, 0) is 4.74 Å². The molecule has 62 valence electrons. The first-order valence-electron chi connectivity index (χ1n) is 4.79. The van der Waals surface area contributed by atoms with E-state index in [4.69, 9.17) is 4.74 Å². The lowest BCUT2D eigenvalue weighted by atomic mass is 10.1. The van der Waals surface area contributed by atoms with E-state index in [-0.39, 0.29) is 0 Å². The van der Waals surface area contributed by atoms with Crippen molar-refractivity contribution in [3.63, 3.8) is 0 Å². The molecule has 1 saturated heterocycles. The average molecular weight is 152 g/mol. The van der Waals surface area contributed by atoms with E-state index in [1.54, 1.807) is 0 Å². The molecule has 11 heavy (non-hydrogen) atoms. The fourth-order valence-electron chi connectivity index (χ4n) is 1.75. The van der Waals surface area contributed by atoms with Crippen molar-refractivity contribution in [3.8, 4) is 0 Å². The number of hydrogen-bond donors (Lipinski definition) is 0. The number of ether oxygens (including phenoxy) is 1. The fraction of sp³-hybridized carbons (Fsp3) is 0.800. The lowest BCUT2D eigenvalue weighted by molar-refractivity contribution is 0.373. The predicted molar refractivity (Wildman–Crippen MR) is 45.5 cm³/mol. The van der Waals surface area contributed by atoms with E-state index in [0.717, 1.165) is 0 Å². The molecule has 2 unspecified atom stereocenters. The highest BCUT2D eigenvalue weighted by Crippen LogP contribution is 2.29. The Morgan fingerprint density at radius 1 is 1.09 bits per heavy atom. The molecule has 2 rings (SSSR count). The largest absolute Gasteiger partial charge is 0.365 e. The molecule has 2 atom stereocenters. The third-order valence-electron chi connectivity index (χ3n) is 2.56. The molecule has 0 bridgehead atoms. The molecule has 0 aromatic carbocycles. The predicted octanol–water partition coefficient (Wildman–Crippen LogP) is 2.66. The van der Waals surface area contributed by atoms with Gasteiger partial charge in [0.05, 0.1) is 6.10 Å². The highest BCUT2D eigenvalue weighted by molar-refractivity contribution is 5.02. The first-order chi connectivity index (χ1) is 5.47. The van der Waals surface area contributed by atoms with Crippen LogP contribution in [0.4, 0.5) is 0 Å². The van der Waals surface area contributed by atoms with Gasteiger partial charge in [-0.2, -0.15) is 0 Å². The van der Waals surface area contributed by atoms with Crippen LogP contribution in [0.15, 0.2) is 12.2 Å². The van der Waals surface area contributed by atoms with Crippen molar-refractivity contribution in [1.82, 2.24) is 0 Å². The maximum atomic E-state index is 5.46. The number of allylic oxidation sites excluding steroid dienone is 1. The van der Waals surface area contributed by atoms with E-state index in [1.165, 1.54) is 38.5 Å². The van der Waals surface area contributed by atoms with E-state index in [0.29, 0.717) is 12.2 Å². The molecule has 0 amide bonds. The van der Waals surface area contributed by atoms with Crippen LogP contribution in [0.1, 0.15) is 38.5 Å². The second kappa shape index (κ2) is 3.40. The number of hydrogen-bond acceptors (Lipinski definition) is 1. The molecular weight excluding hydrogens is 136 g/mol. The van der Waals surface area contributed by atoms with Gasteiger partial charge < -0.3 is 4.74 Å². The molecule has 0 spiro atoms. The van der Waals surface area contributed by atoms with Gasteiger partial charge in [0.15, 0.2) is 0 Å². The van der Waals surface area contributed by atoms with Gasteiger partial charge in [0, 0.05) is 0 Å². The number of epoxide rings is 1. The summed E-state index contributed by atoms with van der Waals surface area (Å²) in [6.45, 7) is 0. The summed E-state index contributed by atoms with van der Waals surface area (Å²) in [5.74, 6) is 0. The zero-order valence-corrected chi connectivity index (χ0v) is 6.96. The van der Waals surface area contributed by atoms with Crippen molar-refractivity contribution in [3.05, 3.63) is 12.2 Å². The van der Waals surface area contributed by atoms with Crippen molar-refractivity contribution in [2.24, 2.45) is 0 Å². The zero-order chi connectivity index (χ0) is 7.52. The Balaban J connectivity index is 1.83. The number of fused-ring (bicyclic) bond motifs is 1. The average Bonchev–Trinajstić information content (AvgIpc) is 2.76. The molecule has 1 nitrogen and oxygen atoms in total. The van der Waals surface area contributed by atoms with Crippen LogP contribution in [0.2, 0.25) is 0 Å². The first-order valence-corrected chi connectivity index (χ1v) is 4.79. The highest BCUT2D eigenvalue weighted by Gasteiger charge is 2.35. The van der Waals surface area contributed by atoms with Crippen LogP contribution < -0.4 is 0 Å². The van der Waals surface area contributed by atoms with Crippen LogP contribution >= 0.6 is 0 Å². The van der Waals surface area contributed by atoms with Gasteiger partial charge in [-0.25, -0.2) is 0 Å². The van der Waals surface area contributed by atoms with Crippen LogP contribution in [-0.4, -0.2) is 12.2 Å². The van der Waals surface area contributed by atoms with E-state index in [2.05, 4.69) is 12.2 Å². The zero-order valence-electron chi connectivity index (χ0n) is 6.96. The lowest BCUT2D eigenvalue weighted by Crippen LogP contribution is -1.92. The molecule has 0 aromatic rings. The van der Waals surface area contributed by atoms with Gasteiger partial charge in [-0.3, -0.25) is 0 Å². The molecule has 0 radical (unpaired) electrons. The van der Waals surface area contributed by atoms with Gasteiger partial charge in [-0.15, -0.1) is 0 Å². The van der Waals surface area contributed by atoms with E-state index >= 15 is 0 Å². The van der Waals surface area contributed by atoms with Crippen LogP contribution in [0.3, 0.4) is 0 Å². The van der Waals surface area contributed by atoms with Crippen molar-refractivity contribution < 1.29 is 4.74 Å². The molecule has 1 aliphatic carbocycles. The summed E-state index contributed by atoms with van der Waals surface area (Å²) < 4.78 is 5.46. The topological polar surface area (TPSA) is 12.5 Å². The molecular formula is C10H16O. The van der Waals surface area contributed by atoms with Crippen molar-refractivity contribution in [2.45, 2.75) is 50.7 Å². The summed E-state index contributed by atoms with van der Waals surface area (Å²) in [5.41, 5.74) is 0. The normalized spacial score (nSPS) is 40.7. The third kappa shape index (κ3) is 2.06. The second-order valence-corrected chi connectivity index (χ2v) is 3.56. The Kier molecular flexibility index (Phi) is 2.27. The molecule has 0 aromatic heterocycles. The summed E-state index contributed by atoms with van der Waals surface area (Å²) in [4.78, 5) is 0. The monoisotopic (exact) mass is 152 g/mol. The minimum Gasteiger partial charge on any atom is -0.365 e. The van der Waals surface area contributed by atoms with Crippen molar-refractivity contribution in [2.75, 3.05) is 0 Å². The smallest absolute Gasteiger partial charge is 0.102 e. The van der Waals surface area contributed by atoms with Gasteiger partial charge in [0.1, 0.15) is 6.10 Å². The summed E-state index contributed by atoms with van der Waals surface area (Å²) in [6, 6.07) is 0. The molecule has 1 heterocycles. The SMILES string of the molecule is C1=C\C2OC2CCCCCC/1. The summed E-state index contributed by atoms with van der Waals surface area (Å²) in [5, 5.41) is 0. The van der Waals surface area contributed by atoms with Gasteiger partial charge in [-0.1, -0.05) is 31.4 Å². The van der Waals surface area contributed by atoms with E-state index in [9.17, 15) is 0 Å². The molecule has 0 saturated carbocycles. The van der Waals surface area contributed by atoms with Gasteiger partial charge in [0.2, 0.25) is 0 Å². The molecule has 1 aliphatic heterocycles. The maximum absolute atomic E-state index is 5.46. The Labute approximate surface area is 68.4 Å². The summed E-state index contributed by atoms with van der Waals surface area (Å²) >= 11 is 0. The molecule has 2 aliphatic rings. The Bertz CT molecular complexity index is 151. The highest BCUT2D eigenvalue weighted by atomic mass is 16.6. The second-order valence-electron chi connectivity index (χ2n) is 3.56. The van der Waals surface area contributed by atoms with Crippen LogP contribution in [0.5, 0.6) is 0 Å². The maximum Gasteiger partial charge on any atom is 0.102 e.